The second-order valence-corrected chi connectivity index (χ2v) is 7.95. The van der Waals surface area contributed by atoms with Gasteiger partial charge in [0.05, 0.1) is 0 Å². The molecule has 3 aliphatic carbocycles. The normalized spacial score (nSPS) is 41.8. The minimum Gasteiger partial charge on any atom is -0.0884 e. The molecule has 0 radical (unpaired) electrons. The van der Waals surface area contributed by atoms with Crippen molar-refractivity contribution in [1.82, 2.24) is 0 Å². The fourth-order valence-electron chi connectivity index (χ4n) is 4.96. The zero-order valence-corrected chi connectivity index (χ0v) is 12.6. The van der Waals surface area contributed by atoms with Gasteiger partial charge in [-0.25, -0.2) is 0 Å². The van der Waals surface area contributed by atoms with Gasteiger partial charge in [-0.15, -0.1) is 0 Å². The monoisotopic (exact) mass is 304 g/mol. The molecule has 0 amide bonds. The Kier molecular flexibility index (Phi) is 2.62. The Bertz CT molecular complexity index is 433. The van der Waals surface area contributed by atoms with E-state index in [1.54, 1.807) is 6.42 Å². The van der Waals surface area contributed by atoms with Crippen molar-refractivity contribution in [2.24, 2.45) is 29.6 Å². The van der Waals surface area contributed by atoms with Crippen LogP contribution in [0.5, 0.6) is 0 Å². The zero-order chi connectivity index (χ0) is 12.3. The van der Waals surface area contributed by atoms with Gasteiger partial charge in [0.25, 0.3) is 0 Å². The van der Waals surface area contributed by atoms with Gasteiger partial charge in [-0.1, -0.05) is 45.8 Å². The predicted molar refractivity (Wildman–Crippen MR) is 78.9 cm³/mol. The third-order valence-corrected chi connectivity index (χ3v) is 6.70. The van der Waals surface area contributed by atoms with Crippen LogP contribution in [0.4, 0.5) is 0 Å². The molecule has 96 valence electrons. The van der Waals surface area contributed by atoms with E-state index in [4.69, 9.17) is 0 Å². The minimum absolute atomic E-state index is 0.721. The van der Waals surface area contributed by atoms with Crippen molar-refractivity contribution in [3.05, 3.63) is 35.4 Å². The first-order valence-electron chi connectivity index (χ1n) is 7.43. The molecule has 3 saturated carbocycles. The van der Waals surface area contributed by atoms with Crippen LogP contribution in [0.15, 0.2) is 24.3 Å². The molecule has 1 heteroatoms. The molecule has 2 bridgehead atoms. The highest BCUT2D eigenvalue weighted by molar-refractivity contribution is 9.09. The maximum Gasteiger partial charge on any atom is 0.0220 e. The van der Waals surface area contributed by atoms with Gasteiger partial charge >= 0.3 is 0 Å². The van der Waals surface area contributed by atoms with Crippen molar-refractivity contribution in [1.29, 1.82) is 0 Å². The van der Waals surface area contributed by atoms with Crippen molar-refractivity contribution in [2.45, 2.75) is 37.4 Å². The van der Waals surface area contributed by atoms with Gasteiger partial charge in [0, 0.05) is 4.83 Å². The van der Waals surface area contributed by atoms with Crippen LogP contribution >= 0.6 is 15.9 Å². The summed E-state index contributed by atoms with van der Waals surface area (Å²) in [5.41, 5.74) is 2.87. The molecular formula is C17H21Br. The quantitative estimate of drug-likeness (QED) is 0.716. The van der Waals surface area contributed by atoms with Crippen LogP contribution < -0.4 is 0 Å². The van der Waals surface area contributed by atoms with Crippen LogP contribution in [0.3, 0.4) is 0 Å². The lowest BCUT2D eigenvalue weighted by Gasteiger charge is -2.14. The summed E-state index contributed by atoms with van der Waals surface area (Å²) in [5.74, 6) is 5.39. The number of halogens is 1. The highest BCUT2D eigenvalue weighted by atomic mass is 79.9. The summed E-state index contributed by atoms with van der Waals surface area (Å²) in [6.45, 7) is 2.17. The molecule has 1 aromatic rings. The standard InChI is InChI=1S/C17H21Br/c1-10-2-4-11(5-3-10)8-14(18)17-15-12-6-7-13(9-12)16(15)17/h2-5,12-17H,6-9H2,1H3. The summed E-state index contributed by atoms with van der Waals surface area (Å²) in [6, 6.07) is 9.09. The summed E-state index contributed by atoms with van der Waals surface area (Å²) in [5, 5.41) is 0. The molecule has 3 fully saturated rings. The van der Waals surface area contributed by atoms with Gasteiger partial charge < -0.3 is 0 Å². The van der Waals surface area contributed by atoms with Gasteiger partial charge in [0.2, 0.25) is 0 Å². The fourth-order valence-corrected chi connectivity index (χ4v) is 6.04. The van der Waals surface area contributed by atoms with E-state index in [-0.39, 0.29) is 0 Å². The maximum atomic E-state index is 4.00. The largest absolute Gasteiger partial charge is 0.0884 e. The Morgan fingerprint density at radius 2 is 1.72 bits per heavy atom. The summed E-state index contributed by atoms with van der Waals surface area (Å²) < 4.78 is 0. The van der Waals surface area contributed by atoms with Gasteiger partial charge in [0.15, 0.2) is 0 Å². The number of rotatable bonds is 3. The first kappa shape index (κ1) is 11.5. The minimum atomic E-state index is 0.721. The summed E-state index contributed by atoms with van der Waals surface area (Å²) in [6.07, 6.45) is 5.85. The van der Waals surface area contributed by atoms with Crippen LogP contribution in [-0.2, 0) is 6.42 Å². The molecule has 0 saturated heterocycles. The molecule has 0 aromatic heterocycles. The van der Waals surface area contributed by atoms with Gasteiger partial charge in [-0.3, -0.25) is 0 Å². The van der Waals surface area contributed by atoms with Crippen LogP contribution in [0, 0.1) is 36.5 Å². The van der Waals surface area contributed by atoms with Crippen molar-refractivity contribution in [3.8, 4) is 0 Å². The van der Waals surface area contributed by atoms with E-state index in [2.05, 4.69) is 47.1 Å². The van der Waals surface area contributed by atoms with Crippen LogP contribution in [-0.4, -0.2) is 4.83 Å². The topological polar surface area (TPSA) is 0 Å². The molecule has 3 aliphatic rings. The molecule has 1 aromatic carbocycles. The average Bonchev–Trinajstić information content (AvgIpc) is 2.82. The molecular weight excluding hydrogens is 284 g/mol. The first-order valence-corrected chi connectivity index (χ1v) is 8.35. The second kappa shape index (κ2) is 4.10. The third-order valence-electron chi connectivity index (χ3n) is 5.76. The highest BCUT2D eigenvalue weighted by Gasteiger charge is 2.66. The molecule has 0 heterocycles. The Hall–Kier alpha value is -0.300. The van der Waals surface area contributed by atoms with Crippen molar-refractivity contribution < 1.29 is 0 Å². The Morgan fingerprint density at radius 1 is 1.11 bits per heavy atom. The van der Waals surface area contributed by atoms with E-state index in [1.165, 1.54) is 30.4 Å². The number of fused-ring (bicyclic) bond motifs is 5. The summed E-state index contributed by atoms with van der Waals surface area (Å²) >= 11 is 4.00. The number of hydrogen-bond acceptors (Lipinski definition) is 0. The Morgan fingerprint density at radius 3 is 2.33 bits per heavy atom. The van der Waals surface area contributed by atoms with Crippen molar-refractivity contribution in [3.63, 3.8) is 0 Å². The highest BCUT2D eigenvalue weighted by Crippen LogP contribution is 2.71. The summed E-state index contributed by atoms with van der Waals surface area (Å²) in [4.78, 5) is 0.721. The van der Waals surface area contributed by atoms with Gasteiger partial charge in [0.1, 0.15) is 0 Å². The van der Waals surface area contributed by atoms with Gasteiger partial charge in [-0.2, -0.15) is 0 Å². The molecule has 5 unspecified atom stereocenters. The number of alkyl halides is 1. The van der Waals surface area contributed by atoms with E-state index in [1.807, 2.05) is 0 Å². The SMILES string of the molecule is Cc1ccc(CC(Br)C2C3C4CCC(C4)C23)cc1. The van der Waals surface area contributed by atoms with Crippen LogP contribution in [0.1, 0.15) is 30.4 Å². The van der Waals surface area contributed by atoms with E-state index in [9.17, 15) is 0 Å². The molecule has 0 N–H and O–H groups in total. The first-order chi connectivity index (χ1) is 8.74. The van der Waals surface area contributed by atoms with E-state index >= 15 is 0 Å². The lowest BCUT2D eigenvalue weighted by molar-refractivity contribution is 0.455. The van der Waals surface area contributed by atoms with E-state index < -0.39 is 0 Å². The van der Waals surface area contributed by atoms with Crippen molar-refractivity contribution in [2.75, 3.05) is 0 Å². The fraction of sp³-hybridized carbons (Fsp3) is 0.647. The van der Waals surface area contributed by atoms with Crippen molar-refractivity contribution >= 4 is 15.9 Å². The number of aryl methyl sites for hydroxylation is 1. The average molecular weight is 305 g/mol. The van der Waals surface area contributed by atoms with Crippen LogP contribution in [0.2, 0.25) is 0 Å². The van der Waals surface area contributed by atoms with Gasteiger partial charge in [-0.05, 0) is 67.8 Å². The van der Waals surface area contributed by atoms with E-state index in [0.29, 0.717) is 0 Å². The third kappa shape index (κ3) is 1.70. The number of benzene rings is 1. The predicted octanol–water partition coefficient (Wildman–Crippen LogP) is 4.59. The maximum absolute atomic E-state index is 4.00. The molecule has 5 atom stereocenters. The van der Waals surface area contributed by atoms with E-state index in [0.717, 1.165) is 34.4 Å². The molecule has 0 aliphatic heterocycles. The molecule has 0 nitrogen and oxygen atoms in total. The smallest absolute Gasteiger partial charge is 0.0220 e. The lowest BCUT2D eigenvalue weighted by atomic mass is 9.97. The Labute approximate surface area is 118 Å². The second-order valence-electron chi connectivity index (χ2n) is 6.77. The number of hydrogen-bond donors (Lipinski definition) is 0. The summed E-state index contributed by atoms with van der Waals surface area (Å²) in [7, 11) is 0. The lowest BCUT2D eigenvalue weighted by Crippen LogP contribution is -2.12. The Balaban J connectivity index is 1.43. The zero-order valence-electron chi connectivity index (χ0n) is 11.0. The molecule has 0 spiro atoms. The molecule has 18 heavy (non-hydrogen) atoms. The van der Waals surface area contributed by atoms with Crippen LogP contribution in [0.25, 0.3) is 0 Å². The molecule has 4 rings (SSSR count).